The largest absolute Gasteiger partial charge is 0.370 e. The summed E-state index contributed by atoms with van der Waals surface area (Å²) in [6.07, 6.45) is 1.82. The molecule has 1 fully saturated rings. The molecule has 1 aromatic rings. The molecule has 1 atom stereocenters. The first-order chi connectivity index (χ1) is 12.4. The SMILES string of the molecule is CN=C(NCc1ccc(N2CCSCC2)cc1)NC(C)CCS(C)(=O)=O. The lowest BCUT2D eigenvalue weighted by Crippen LogP contribution is -2.42. The molecule has 0 bridgehead atoms. The molecule has 6 nitrogen and oxygen atoms in total. The van der Waals surface area contributed by atoms with E-state index in [1.807, 2.05) is 18.7 Å². The minimum atomic E-state index is -2.94. The molecule has 2 rings (SSSR count). The third kappa shape index (κ3) is 7.45. The monoisotopic (exact) mass is 398 g/mol. The van der Waals surface area contributed by atoms with Crippen LogP contribution in [0, 0.1) is 0 Å². The van der Waals surface area contributed by atoms with Crippen molar-refractivity contribution in [1.82, 2.24) is 10.6 Å². The van der Waals surface area contributed by atoms with Crippen molar-refractivity contribution in [3.63, 3.8) is 0 Å². The van der Waals surface area contributed by atoms with E-state index in [0.29, 0.717) is 18.9 Å². The van der Waals surface area contributed by atoms with E-state index in [0.717, 1.165) is 13.1 Å². The second-order valence-electron chi connectivity index (χ2n) is 6.66. The van der Waals surface area contributed by atoms with Crippen molar-refractivity contribution < 1.29 is 8.42 Å². The highest BCUT2D eigenvalue weighted by Crippen LogP contribution is 2.19. The van der Waals surface area contributed by atoms with Crippen LogP contribution < -0.4 is 15.5 Å². The molecule has 2 N–H and O–H groups in total. The van der Waals surface area contributed by atoms with Crippen molar-refractivity contribution >= 4 is 33.2 Å². The number of rotatable bonds is 7. The zero-order valence-electron chi connectivity index (χ0n) is 15.9. The van der Waals surface area contributed by atoms with E-state index in [1.54, 1.807) is 7.05 Å². The third-order valence-electron chi connectivity index (χ3n) is 4.30. The Labute approximate surface area is 161 Å². The van der Waals surface area contributed by atoms with Gasteiger partial charge in [0.2, 0.25) is 0 Å². The first-order valence-corrected chi connectivity index (χ1v) is 12.2. The Morgan fingerprint density at radius 2 is 1.92 bits per heavy atom. The molecule has 0 saturated carbocycles. The number of thioether (sulfide) groups is 1. The van der Waals surface area contributed by atoms with Crippen molar-refractivity contribution in [2.24, 2.45) is 4.99 Å². The number of guanidine groups is 1. The molecule has 0 radical (unpaired) electrons. The third-order valence-corrected chi connectivity index (χ3v) is 6.22. The van der Waals surface area contributed by atoms with E-state index in [4.69, 9.17) is 0 Å². The molecular formula is C18H30N4O2S2. The highest BCUT2D eigenvalue weighted by molar-refractivity contribution is 7.99. The summed E-state index contributed by atoms with van der Waals surface area (Å²) in [5, 5.41) is 6.52. The first kappa shape index (κ1) is 20.9. The van der Waals surface area contributed by atoms with Gasteiger partial charge < -0.3 is 15.5 Å². The summed E-state index contributed by atoms with van der Waals surface area (Å²) < 4.78 is 22.5. The summed E-state index contributed by atoms with van der Waals surface area (Å²) in [5.41, 5.74) is 2.47. The maximum atomic E-state index is 11.3. The lowest BCUT2D eigenvalue weighted by molar-refractivity contribution is 0.581. The molecule has 8 heteroatoms. The maximum Gasteiger partial charge on any atom is 0.191 e. The normalized spacial score (nSPS) is 17.0. The fourth-order valence-electron chi connectivity index (χ4n) is 2.72. The minimum Gasteiger partial charge on any atom is -0.370 e. The Morgan fingerprint density at radius 1 is 1.27 bits per heavy atom. The van der Waals surface area contributed by atoms with E-state index < -0.39 is 9.84 Å². The van der Waals surface area contributed by atoms with Crippen molar-refractivity contribution in [2.45, 2.75) is 25.9 Å². The summed E-state index contributed by atoms with van der Waals surface area (Å²) in [7, 11) is -1.22. The van der Waals surface area contributed by atoms with Gasteiger partial charge in [-0.3, -0.25) is 4.99 Å². The van der Waals surface area contributed by atoms with Gasteiger partial charge in [0.05, 0.1) is 5.75 Å². The van der Waals surface area contributed by atoms with Gasteiger partial charge in [-0.15, -0.1) is 0 Å². The Bertz CT molecular complexity index is 684. The molecule has 1 aromatic carbocycles. The lowest BCUT2D eigenvalue weighted by Gasteiger charge is -2.28. The van der Waals surface area contributed by atoms with Crippen LogP contribution in [0.4, 0.5) is 5.69 Å². The molecule has 146 valence electrons. The summed E-state index contributed by atoms with van der Waals surface area (Å²) >= 11 is 2.01. The van der Waals surface area contributed by atoms with E-state index in [2.05, 4.69) is 44.8 Å². The van der Waals surface area contributed by atoms with Crippen LogP contribution in [0.25, 0.3) is 0 Å². The van der Waals surface area contributed by atoms with Gasteiger partial charge in [-0.1, -0.05) is 12.1 Å². The molecule has 1 aliphatic heterocycles. The zero-order chi connectivity index (χ0) is 19.0. The Balaban J connectivity index is 1.80. The van der Waals surface area contributed by atoms with Crippen molar-refractivity contribution in [1.29, 1.82) is 0 Å². The van der Waals surface area contributed by atoms with Crippen LogP contribution in [-0.4, -0.2) is 64.1 Å². The van der Waals surface area contributed by atoms with Crippen LogP contribution in [0.15, 0.2) is 29.3 Å². The van der Waals surface area contributed by atoms with Crippen molar-refractivity contribution in [3.05, 3.63) is 29.8 Å². The number of anilines is 1. The highest BCUT2D eigenvalue weighted by Gasteiger charge is 2.11. The lowest BCUT2D eigenvalue weighted by atomic mass is 10.2. The topological polar surface area (TPSA) is 73.8 Å². The molecule has 1 saturated heterocycles. The van der Waals surface area contributed by atoms with Crippen LogP contribution in [-0.2, 0) is 16.4 Å². The van der Waals surface area contributed by atoms with Gasteiger partial charge in [0.25, 0.3) is 0 Å². The number of hydrogen-bond acceptors (Lipinski definition) is 5. The van der Waals surface area contributed by atoms with Crippen LogP contribution in [0.1, 0.15) is 18.9 Å². The number of nitrogens with zero attached hydrogens (tertiary/aromatic N) is 2. The zero-order valence-corrected chi connectivity index (χ0v) is 17.5. The quantitative estimate of drug-likeness (QED) is 0.538. The minimum absolute atomic E-state index is 0.0373. The van der Waals surface area contributed by atoms with Crippen LogP contribution >= 0.6 is 11.8 Å². The Kier molecular flexibility index (Phi) is 8.09. The fraction of sp³-hybridized carbons (Fsp3) is 0.611. The number of sulfone groups is 1. The second kappa shape index (κ2) is 10.1. The molecule has 0 aliphatic carbocycles. The summed E-state index contributed by atoms with van der Waals surface area (Å²) in [6, 6.07) is 8.68. The predicted molar refractivity (Wildman–Crippen MR) is 113 cm³/mol. The van der Waals surface area contributed by atoms with E-state index in [9.17, 15) is 8.42 Å². The highest BCUT2D eigenvalue weighted by atomic mass is 32.2. The van der Waals surface area contributed by atoms with Gasteiger partial charge in [0.15, 0.2) is 5.96 Å². The maximum absolute atomic E-state index is 11.3. The van der Waals surface area contributed by atoms with Gasteiger partial charge in [0.1, 0.15) is 9.84 Å². The van der Waals surface area contributed by atoms with Gasteiger partial charge in [0, 0.05) is 56.2 Å². The molecule has 1 heterocycles. The molecule has 0 spiro atoms. The van der Waals surface area contributed by atoms with Gasteiger partial charge in [-0.25, -0.2) is 8.42 Å². The Hall–Kier alpha value is -1.41. The van der Waals surface area contributed by atoms with E-state index in [-0.39, 0.29) is 11.8 Å². The van der Waals surface area contributed by atoms with Crippen LogP contribution in [0.3, 0.4) is 0 Å². The summed E-state index contributed by atoms with van der Waals surface area (Å²) in [4.78, 5) is 6.64. The number of benzene rings is 1. The van der Waals surface area contributed by atoms with E-state index in [1.165, 1.54) is 29.0 Å². The standard InChI is InChI=1S/C18H30N4O2S2/c1-15(8-13-26(3,23)24)21-18(19-2)20-14-16-4-6-17(7-5-16)22-9-11-25-12-10-22/h4-7,15H,8-14H2,1-3H3,(H2,19,20,21). The number of nitrogens with one attached hydrogen (secondary N) is 2. The number of hydrogen-bond donors (Lipinski definition) is 2. The molecule has 1 aliphatic rings. The average Bonchev–Trinajstić information content (AvgIpc) is 2.64. The number of aliphatic imine (C=N–C) groups is 1. The van der Waals surface area contributed by atoms with Gasteiger partial charge >= 0.3 is 0 Å². The van der Waals surface area contributed by atoms with Crippen LogP contribution in [0.2, 0.25) is 0 Å². The van der Waals surface area contributed by atoms with Gasteiger partial charge in [-0.05, 0) is 31.0 Å². The smallest absolute Gasteiger partial charge is 0.191 e. The van der Waals surface area contributed by atoms with Gasteiger partial charge in [-0.2, -0.15) is 11.8 Å². The van der Waals surface area contributed by atoms with Crippen molar-refractivity contribution in [2.75, 3.05) is 48.6 Å². The van der Waals surface area contributed by atoms with E-state index >= 15 is 0 Å². The summed E-state index contributed by atoms with van der Waals surface area (Å²) in [5.74, 6) is 3.25. The summed E-state index contributed by atoms with van der Waals surface area (Å²) in [6.45, 7) is 4.87. The van der Waals surface area contributed by atoms with Crippen LogP contribution in [0.5, 0.6) is 0 Å². The first-order valence-electron chi connectivity index (χ1n) is 8.94. The molecule has 1 unspecified atom stereocenters. The molecule has 26 heavy (non-hydrogen) atoms. The molecular weight excluding hydrogens is 368 g/mol. The second-order valence-corrected chi connectivity index (χ2v) is 10.1. The predicted octanol–water partition coefficient (Wildman–Crippen LogP) is 1.73. The van der Waals surface area contributed by atoms with Crippen molar-refractivity contribution in [3.8, 4) is 0 Å². The fourth-order valence-corrected chi connectivity index (χ4v) is 4.41. The Morgan fingerprint density at radius 3 is 2.50 bits per heavy atom. The molecule has 0 amide bonds. The molecule has 0 aromatic heterocycles. The average molecular weight is 399 g/mol.